The van der Waals surface area contributed by atoms with E-state index in [2.05, 4.69) is 54.3 Å². The Kier molecular flexibility index (Phi) is 5.63. The number of para-hydroxylation sites is 2. The summed E-state index contributed by atoms with van der Waals surface area (Å²) in [6, 6.07) is 18.5. The van der Waals surface area contributed by atoms with Gasteiger partial charge in [0.25, 0.3) is 0 Å². The number of fused-ring (bicyclic) bond motifs is 2. The van der Waals surface area contributed by atoms with Crippen LogP contribution in [-0.2, 0) is 16.7 Å². The Bertz CT molecular complexity index is 1190. The van der Waals surface area contributed by atoms with Gasteiger partial charge in [-0.3, -0.25) is 0 Å². The molecule has 1 aliphatic rings. The largest absolute Gasteiger partial charge is 0.748 e. The molecule has 150 valence electrons. The first-order chi connectivity index (χ1) is 14.0. The van der Waals surface area contributed by atoms with Gasteiger partial charge in [-0.2, -0.15) is 4.57 Å². The molecule has 0 fully saturated rings. The lowest BCUT2D eigenvalue weighted by Gasteiger charge is -2.18. The van der Waals surface area contributed by atoms with E-state index in [4.69, 9.17) is 0 Å². The van der Waals surface area contributed by atoms with E-state index in [0.717, 1.165) is 23.0 Å². The molecule has 0 saturated carbocycles. The predicted octanol–water partition coefficient (Wildman–Crippen LogP) is 3.99. The van der Waals surface area contributed by atoms with Gasteiger partial charge in [0.2, 0.25) is 5.52 Å². The number of thioether (sulfide) groups is 1. The van der Waals surface area contributed by atoms with Crippen molar-refractivity contribution in [2.24, 2.45) is 0 Å². The number of nitrogens with zero attached hydrogens (tertiary/aromatic N) is 2. The number of anilines is 1. The quantitative estimate of drug-likeness (QED) is 0.440. The number of aryl methyl sites for hydroxylation is 1. The van der Waals surface area contributed by atoms with Gasteiger partial charge in [-0.1, -0.05) is 36.0 Å². The summed E-state index contributed by atoms with van der Waals surface area (Å²) in [6.45, 7) is 3.53. The van der Waals surface area contributed by atoms with Crippen molar-refractivity contribution >= 4 is 44.5 Å². The molecule has 0 saturated heterocycles. The zero-order valence-electron chi connectivity index (χ0n) is 16.1. The third kappa shape index (κ3) is 4.32. The van der Waals surface area contributed by atoms with E-state index in [0.29, 0.717) is 13.0 Å². The molecule has 2 aromatic carbocycles. The second-order valence-corrected chi connectivity index (χ2v) is 9.48. The topological polar surface area (TPSA) is 64.3 Å². The van der Waals surface area contributed by atoms with Crippen LogP contribution in [0.3, 0.4) is 0 Å². The van der Waals surface area contributed by atoms with Crippen LogP contribution in [0.1, 0.15) is 18.9 Å². The van der Waals surface area contributed by atoms with Crippen molar-refractivity contribution < 1.29 is 17.5 Å². The molecule has 29 heavy (non-hydrogen) atoms. The number of aromatic nitrogens is 1. The molecule has 0 N–H and O–H groups in total. The lowest BCUT2D eigenvalue weighted by molar-refractivity contribution is -0.671. The van der Waals surface area contributed by atoms with E-state index in [1.807, 2.05) is 29.0 Å². The zero-order valence-corrected chi connectivity index (χ0v) is 17.7. The monoisotopic (exact) mass is 426 g/mol. The molecule has 1 aromatic heterocycles. The smallest absolute Gasteiger partial charge is 0.213 e. The van der Waals surface area contributed by atoms with Crippen LogP contribution in [0.2, 0.25) is 0 Å². The fourth-order valence-corrected chi connectivity index (χ4v) is 5.32. The van der Waals surface area contributed by atoms with Crippen molar-refractivity contribution in [3.8, 4) is 0 Å². The van der Waals surface area contributed by atoms with Crippen LogP contribution in [0.15, 0.2) is 70.7 Å². The van der Waals surface area contributed by atoms with Crippen molar-refractivity contribution in [2.45, 2.75) is 24.8 Å². The van der Waals surface area contributed by atoms with Gasteiger partial charge in [0, 0.05) is 35.7 Å². The Morgan fingerprint density at radius 3 is 2.66 bits per heavy atom. The van der Waals surface area contributed by atoms with E-state index in [1.54, 1.807) is 11.8 Å². The van der Waals surface area contributed by atoms with E-state index in [9.17, 15) is 13.0 Å². The van der Waals surface area contributed by atoms with Crippen LogP contribution in [0.25, 0.3) is 17.0 Å². The first kappa shape index (κ1) is 19.9. The van der Waals surface area contributed by atoms with Gasteiger partial charge in [-0.05, 0) is 36.8 Å². The highest BCUT2D eigenvalue weighted by Gasteiger charge is 2.23. The Hall–Kier alpha value is -2.35. The summed E-state index contributed by atoms with van der Waals surface area (Å²) in [5.74, 6) is -0.347. The Morgan fingerprint density at radius 1 is 1.10 bits per heavy atom. The normalized spacial score (nSPS) is 15.2. The van der Waals surface area contributed by atoms with Gasteiger partial charge >= 0.3 is 0 Å². The molecule has 0 bridgehead atoms. The maximum absolute atomic E-state index is 10.9. The lowest BCUT2D eigenvalue weighted by atomic mass is 10.1. The Balaban J connectivity index is 1.69. The molecule has 0 atom stereocenters. The lowest BCUT2D eigenvalue weighted by Crippen LogP contribution is -2.35. The van der Waals surface area contributed by atoms with E-state index >= 15 is 0 Å². The number of hydrogen-bond donors (Lipinski definition) is 0. The van der Waals surface area contributed by atoms with Crippen LogP contribution in [0.4, 0.5) is 5.69 Å². The summed E-state index contributed by atoms with van der Waals surface area (Å²) in [7, 11) is -4.19. The number of pyridine rings is 1. The molecule has 0 unspecified atom stereocenters. The fraction of sp³-hybridized carbons (Fsp3) is 0.227. The van der Waals surface area contributed by atoms with Gasteiger partial charge in [-0.25, -0.2) is 8.42 Å². The molecule has 7 heteroatoms. The van der Waals surface area contributed by atoms with Crippen molar-refractivity contribution in [1.29, 1.82) is 0 Å². The molecule has 0 aliphatic carbocycles. The molecule has 0 radical (unpaired) electrons. The second-order valence-electron chi connectivity index (χ2n) is 6.89. The summed E-state index contributed by atoms with van der Waals surface area (Å²) in [5, 5.41) is 2.29. The summed E-state index contributed by atoms with van der Waals surface area (Å²) < 4.78 is 34.7. The molecule has 0 spiro atoms. The molecule has 3 aromatic rings. The molecule has 5 nitrogen and oxygen atoms in total. The highest BCUT2D eigenvalue weighted by molar-refractivity contribution is 8.03. The summed E-state index contributed by atoms with van der Waals surface area (Å²) >= 11 is 1.77. The van der Waals surface area contributed by atoms with E-state index in [-0.39, 0.29) is 5.75 Å². The number of rotatable bonds is 6. The average molecular weight is 427 g/mol. The van der Waals surface area contributed by atoms with E-state index < -0.39 is 10.1 Å². The van der Waals surface area contributed by atoms with Crippen LogP contribution < -0.4 is 9.47 Å². The fourth-order valence-electron chi connectivity index (χ4n) is 3.66. The van der Waals surface area contributed by atoms with Crippen molar-refractivity contribution in [3.05, 3.63) is 71.4 Å². The first-order valence-electron chi connectivity index (χ1n) is 9.57. The summed E-state index contributed by atoms with van der Waals surface area (Å²) in [6.07, 6.45) is 4.48. The third-order valence-corrected chi connectivity index (χ3v) is 6.88. The number of hydrogen-bond acceptors (Lipinski definition) is 5. The molecular formula is C22H22N2O3S2. The van der Waals surface area contributed by atoms with Crippen LogP contribution >= 0.6 is 11.8 Å². The molecular weight excluding hydrogens is 404 g/mol. The maximum atomic E-state index is 10.9. The molecule has 2 heterocycles. The predicted molar refractivity (Wildman–Crippen MR) is 117 cm³/mol. The minimum absolute atomic E-state index is 0.301. The summed E-state index contributed by atoms with van der Waals surface area (Å²) in [5.41, 5.74) is 3.37. The third-order valence-electron chi connectivity index (χ3n) is 4.98. The zero-order chi connectivity index (χ0) is 20.4. The molecule has 0 amide bonds. The van der Waals surface area contributed by atoms with Gasteiger partial charge < -0.3 is 9.45 Å². The average Bonchev–Trinajstić information content (AvgIpc) is 3.05. The molecule has 4 rings (SSSR count). The van der Waals surface area contributed by atoms with Gasteiger partial charge in [0.1, 0.15) is 6.54 Å². The minimum Gasteiger partial charge on any atom is -0.748 e. The van der Waals surface area contributed by atoms with Gasteiger partial charge in [-0.15, -0.1) is 0 Å². The van der Waals surface area contributed by atoms with Crippen LogP contribution in [-0.4, -0.2) is 25.3 Å². The minimum atomic E-state index is -4.19. The first-order valence-corrected chi connectivity index (χ1v) is 12.0. The Morgan fingerprint density at radius 2 is 1.86 bits per heavy atom. The van der Waals surface area contributed by atoms with Gasteiger partial charge in [0.05, 0.1) is 26.2 Å². The van der Waals surface area contributed by atoms with Crippen molar-refractivity contribution in [2.75, 3.05) is 17.2 Å². The summed E-state index contributed by atoms with van der Waals surface area (Å²) in [4.78, 5) is 3.57. The highest BCUT2D eigenvalue weighted by atomic mass is 32.2. The second kappa shape index (κ2) is 8.18. The standard InChI is InChI=1S/C22H22N2O3S2/c1-2-24-20-10-5-6-11-21(20)28-22(24)16-17-12-14-23(13-7-15-29(25,26)27)19-9-4-3-8-18(17)19/h3-6,8-12,14,16H,2,7,13,15H2,1H3. The van der Waals surface area contributed by atoms with Crippen molar-refractivity contribution in [3.63, 3.8) is 0 Å². The highest BCUT2D eigenvalue weighted by Crippen LogP contribution is 2.46. The maximum Gasteiger partial charge on any atom is 0.213 e. The van der Waals surface area contributed by atoms with Crippen LogP contribution in [0, 0.1) is 0 Å². The SMILES string of the molecule is CCN1/C(=C/c2cc[n+](CCCS(=O)(=O)[O-])c3ccccc23)Sc2ccccc21. The molecule has 1 aliphatic heterocycles. The van der Waals surface area contributed by atoms with Crippen molar-refractivity contribution in [1.82, 2.24) is 0 Å². The van der Waals surface area contributed by atoms with Crippen LogP contribution in [0.5, 0.6) is 0 Å². The number of benzene rings is 2. The Labute approximate surface area is 175 Å². The van der Waals surface area contributed by atoms with E-state index in [1.165, 1.54) is 15.6 Å². The van der Waals surface area contributed by atoms with Gasteiger partial charge in [0.15, 0.2) is 6.20 Å².